The van der Waals surface area contributed by atoms with Crippen LogP contribution in [0.4, 0.5) is 0 Å². The van der Waals surface area contributed by atoms with Gasteiger partial charge in [-0.1, -0.05) is 103 Å². The van der Waals surface area contributed by atoms with Gasteiger partial charge < -0.3 is 19.9 Å². The van der Waals surface area contributed by atoms with Crippen LogP contribution in [0.5, 0.6) is 11.5 Å². The van der Waals surface area contributed by atoms with Gasteiger partial charge in [-0.2, -0.15) is 0 Å². The lowest BCUT2D eigenvalue weighted by atomic mass is 9.90. The Morgan fingerprint density at radius 1 is 0.795 bits per heavy atom. The van der Waals surface area contributed by atoms with Crippen LogP contribution in [0.3, 0.4) is 0 Å². The fourth-order valence-electron chi connectivity index (χ4n) is 4.60. The van der Waals surface area contributed by atoms with Crippen LogP contribution in [-0.2, 0) is 22.4 Å². The predicted octanol–water partition coefficient (Wildman–Crippen LogP) is 5.65. The summed E-state index contributed by atoms with van der Waals surface area (Å²) in [6, 6.07) is 33.1. The van der Waals surface area contributed by atoms with Gasteiger partial charge in [-0.05, 0) is 35.6 Å². The predicted molar refractivity (Wildman–Crippen MR) is 151 cm³/mol. The third-order valence-corrected chi connectivity index (χ3v) is 6.55. The van der Waals surface area contributed by atoms with Gasteiger partial charge in [0.05, 0.1) is 19.6 Å². The second-order valence-corrected chi connectivity index (χ2v) is 9.24. The summed E-state index contributed by atoms with van der Waals surface area (Å²) in [5.74, 6) is -1.13. The molecular weight excluding hydrogens is 490 g/mol. The second-order valence-electron chi connectivity index (χ2n) is 9.24. The van der Waals surface area contributed by atoms with E-state index in [0.717, 1.165) is 24.0 Å². The van der Waals surface area contributed by atoms with Gasteiger partial charge in [0.25, 0.3) is 0 Å². The molecule has 6 heteroatoms. The average molecular weight is 524 g/mol. The standard InChI is InChI=1S/C33H33NO5/c1-38-29-21-11-20-27(31(29)39-22-12-15-24-13-5-2-6-14-24)23-28(33(36)37)34-32(35)30(25-16-7-3-8-17-25)26-18-9-4-10-19-26/h2-11,13-14,16-21,28,30H,12,15,22-23H2,1H3,(H,34,35)(H,36,37). The number of rotatable bonds is 13. The molecule has 4 aromatic rings. The van der Waals surface area contributed by atoms with Crippen LogP contribution in [0.2, 0.25) is 0 Å². The molecule has 200 valence electrons. The van der Waals surface area contributed by atoms with Crippen molar-refractivity contribution in [1.82, 2.24) is 5.32 Å². The lowest BCUT2D eigenvalue weighted by molar-refractivity contribution is -0.141. The monoisotopic (exact) mass is 523 g/mol. The summed E-state index contributed by atoms with van der Waals surface area (Å²) >= 11 is 0. The SMILES string of the molecule is COc1cccc(CC(NC(=O)C(c2ccccc2)c2ccccc2)C(=O)O)c1OCCCc1ccccc1. The van der Waals surface area contributed by atoms with Gasteiger partial charge in [0.2, 0.25) is 5.91 Å². The fraction of sp³-hybridized carbons (Fsp3) is 0.212. The molecule has 1 unspecified atom stereocenters. The van der Waals surface area contributed by atoms with Gasteiger partial charge in [-0.15, -0.1) is 0 Å². The Morgan fingerprint density at radius 2 is 1.38 bits per heavy atom. The Labute approximate surface area is 229 Å². The molecule has 0 saturated heterocycles. The zero-order valence-electron chi connectivity index (χ0n) is 22.0. The van der Waals surface area contributed by atoms with Gasteiger partial charge in [0.1, 0.15) is 6.04 Å². The molecule has 6 nitrogen and oxygen atoms in total. The minimum absolute atomic E-state index is 0.0442. The van der Waals surface area contributed by atoms with E-state index in [4.69, 9.17) is 9.47 Å². The van der Waals surface area contributed by atoms with Crippen LogP contribution in [-0.4, -0.2) is 36.7 Å². The van der Waals surface area contributed by atoms with Gasteiger partial charge in [-0.25, -0.2) is 4.79 Å². The van der Waals surface area contributed by atoms with Crippen LogP contribution in [0, 0.1) is 0 Å². The molecule has 2 N–H and O–H groups in total. The Kier molecular flexibility index (Phi) is 9.73. The number of nitrogens with one attached hydrogen (secondary N) is 1. The number of ether oxygens (including phenoxy) is 2. The fourth-order valence-corrected chi connectivity index (χ4v) is 4.60. The highest BCUT2D eigenvalue weighted by Crippen LogP contribution is 2.32. The van der Waals surface area contributed by atoms with Crippen molar-refractivity contribution in [1.29, 1.82) is 0 Å². The number of carboxylic acid groups (broad SMARTS) is 1. The van der Waals surface area contributed by atoms with Crippen molar-refractivity contribution in [3.63, 3.8) is 0 Å². The lowest BCUT2D eigenvalue weighted by Gasteiger charge is -2.22. The molecule has 0 radical (unpaired) electrons. The third kappa shape index (κ3) is 7.48. The van der Waals surface area contributed by atoms with E-state index in [9.17, 15) is 14.7 Å². The molecule has 1 amide bonds. The van der Waals surface area contributed by atoms with E-state index in [1.54, 1.807) is 19.2 Å². The molecular formula is C33H33NO5. The smallest absolute Gasteiger partial charge is 0.326 e. The molecule has 0 aromatic heterocycles. The minimum Gasteiger partial charge on any atom is -0.493 e. The van der Waals surface area contributed by atoms with E-state index in [-0.39, 0.29) is 12.3 Å². The number of para-hydroxylation sites is 1. The van der Waals surface area contributed by atoms with Crippen LogP contribution >= 0.6 is 0 Å². The number of hydrogen-bond acceptors (Lipinski definition) is 4. The topological polar surface area (TPSA) is 84.9 Å². The molecule has 0 fully saturated rings. The number of amides is 1. The number of hydrogen-bond donors (Lipinski definition) is 2. The highest BCUT2D eigenvalue weighted by Gasteiger charge is 2.29. The highest BCUT2D eigenvalue weighted by molar-refractivity contribution is 5.90. The average Bonchev–Trinajstić information content (AvgIpc) is 2.97. The third-order valence-electron chi connectivity index (χ3n) is 6.55. The van der Waals surface area contributed by atoms with E-state index in [1.165, 1.54) is 5.56 Å². The normalized spacial score (nSPS) is 11.5. The number of carbonyl (C=O) groups is 2. The quantitative estimate of drug-likeness (QED) is 0.221. The van der Waals surface area contributed by atoms with E-state index in [1.807, 2.05) is 84.9 Å². The van der Waals surface area contributed by atoms with Crippen molar-refractivity contribution in [2.24, 2.45) is 0 Å². The van der Waals surface area contributed by atoms with E-state index in [0.29, 0.717) is 23.7 Å². The lowest BCUT2D eigenvalue weighted by Crippen LogP contribution is -2.44. The Balaban J connectivity index is 1.51. The zero-order valence-corrected chi connectivity index (χ0v) is 22.0. The molecule has 0 aliphatic rings. The summed E-state index contributed by atoms with van der Waals surface area (Å²) < 4.78 is 11.6. The number of methoxy groups -OCH3 is 1. The van der Waals surface area contributed by atoms with Gasteiger partial charge in [-0.3, -0.25) is 4.79 Å². The second kappa shape index (κ2) is 13.8. The summed E-state index contributed by atoms with van der Waals surface area (Å²) in [5.41, 5.74) is 3.45. The molecule has 0 spiro atoms. The first-order valence-electron chi connectivity index (χ1n) is 13.0. The molecule has 0 bridgehead atoms. The maximum Gasteiger partial charge on any atom is 0.326 e. The number of aliphatic carboxylic acids is 1. The molecule has 0 saturated carbocycles. The molecule has 0 aliphatic heterocycles. The number of carbonyl (C=O) groups excluding carboxylic acids is 1. The Bertz CT molecular complexity index is 1300. The van der Waals surface area contributed by atoms with Crippen LogP contribution < -0.4 is 14.8 Å². The Morgan fingerprint density at radius 3 is 1.95 bits per heavy atom. The maximum absolute atomic E-state index is 13.6. The number of carboxylic acids is 1. The maximum atomic E-state index is 13.6. The van der Waals surface area contributed by atoms with Crippen LogP contribution in [0.25, 0.3) is 0 Å². The molecule has 39 heavy (non-hydrogen) atoms. The molecule has 1 atom stereocenters. The summed E-state index contributed by atoms with van der Waals surface area (Å²) in [4.78, 5) is 25.9. The number of benzene rings is 4. The van der Waals surface area contributed by atoms with Crippen molar-refractivity contribution in [2.75, 3.05) is 13.7 Å². The van der Waals surface area contributed by atoms with E-state index in [2.05, 4.69) is 17.4 Å². The number of aryl methyl sites for hydroxylation is 1. The Hall–Kier alpha value is -4.58. The van der Waals surface area contributed by atoms with Gasteiger partial charge in [0.15, 0.2) is 11.5 Å². The summed E-state index contributed by atoms with van der Waals surface area (Å²) in [5, 5.41) is 12.9. The van der Waals surface area contributed by atoms with E-state index >= 15 is 0 Å². The molecule has 0 aliphatic carbocycles. The zero-order chi connectivity index (χ0) is 27.5. The van der Waals surface area contributed by atoms with Gasteiger partial charge in [0, 0.05) is 12.0 Å². The molecule has 4 aromatic carbocycles. The van der Waals surface area contributed by atoms with Crippen LogP contribution in [0.15, 0.2) is 109 Å². The first kappa shape index (κ1) is 27.5. The largest absolute Gasteiger partial charge is 0.493 e. The van der Waals surface area contributed by atoms with Crippen molar-refractivity contribution in [3.05, 3.63) is 131 Å². The summed E-state index contributed by atoms with van der Waals surface area (Å²) in [6.45, 7) is 0.441. The first-order chi connectivity index (χ1) is 19.1. The van der Waals surface area contributed by atoms with Crippen molar-refractivity contribution < 1.29 is 24.2 Å². The van der Waals surface area contributed by atoms with Crippen molar-refractivity contribution in [3.8, 4) is 11.5 Å². The highest BCUT2D eigenvalue weighted by atomic mass is 16.5. The van der Waals surface area contributed by atoms with Crippen molar-refractivity contribution >= 4 is 11.9 Å². The first-order valence-corrected chi connectivity index (χ1v) is 13.0. The van der Waals surface area contributed by atoms with Gasteiger partial charge >= 0.3 is 5.97 Å². The molecule has 4 rings (SSSR count). The molecule has 0 heterocycles. The van der Waals surface area contributed by atoms with E-state index < -0.39 is 17.9 Å². The van der Waals surface area contributed by atoms with Crippen molar-refractivity contribution in [2.45, 2.75) is 31.2 Å². The summed E-state index contributed by atoms with van der Waals surface area (Å²) in [7, 11) is 1.55. The van der Waals surface area contributed by atoms with Crippen LogP contribution in [0.1, 0.15) is 34.6 Å². The minimum atomic E-state index is -1.16. The summed E-state index contributed by atoms with van der Waals surface area (Å²) in [6.07, 6.45) is 1.69.